The highest BCUT2D eigenvalue weighted by molar-refractivity contribution is 7.89. The number of hydrogen-bond donors (Lipinski definition) is 1. The van der Waals surface area contributed by atoms with Crippen molar-refractivity contribution in [3.05, 3.63) is 23.8 Å². The fourth-order valence-electron chi connectivity index (χ4n) is 2.01. The van der Waals surface area contributed by atoms with Gasteiger partial charge < -0.3 is 10.5 Å². The SMILES string of the molecule is COc1ccc(S(=O)(=O)N(C)CCC(C)C)c(CCN)c1. The average Bonchev–Trinajstić information content (AvgIpc) is 2.44. The van der Waals surface area contributed by atoms with E-state index in [0.717, 1.165) is 6.42 Å². The molecule has 0 aliphatic heterocycles. The fourth-order valence-corrected chi connectivity index (χ4v) is 3.43. The Morgan fingerprint density at radius 2 is 2.00 bits per heavy atom. The maximum absolute atomic E-state index is 12.7. The molecule has 1 aromatic carbocycles. The summed E-state index contributed by atoms with van der Waals surface area (Å²) >= 11 is 0. The molecular weight excluding hydrogens is 288 g/mol. The van der Waals surface area contributed by atoms with Gasteiger partial charge in [0.05, 0.1) is 12.0 Å². The Morgan fingerprint density at radius 1 is 1.33 bits per heavy atom. The summed E-state index contributed by atoms with van der Waals surface area (Å²) < 4.78 is 31.9. The molecular formula is C15H26N2O3S. The topological polar surface area (TPSA) is 72.6 Å². The van der Waals surface area contributed by atoms with Crippen molar-refractivity contribution < 1.29 is 13.2 Å². The normalized spacial score (nSPS) is 12.1. The molecule has 0 radical (unpaired) electrons. The minimum atomic E-state index is -3.49. The molecule has 0 atom stereocenters. The Morgan fingerprint density at radius 3 is 2.52 bits per heavy atom. The van der Waals surface area contributed by atoms with Gasteiger partial charge in [-0.15, -0.1) is 0 Å². The summed E-state index contributed by atoms with van der Waals surface area (Å²) in [5, 5.41) is 0. The number of rotatable bonds is 8. The van der Waals surface area contributed by atoms with Gasteiger partial charge in [-0.05, 0) is 49.1 Å². The largest absolute Gasteiger partial charge is 0.497 e. The smallest absolute Gasteiger partial charge is 0.243 e. The van der Waals surface area contributed by atoms with Gasteiger partial charge >= 0.3 is 0 Å². The molecule has 0 aliphatic rings. The van der Waals surface area contributed by atoms with E-state index >= 15 is 0 Å². The van der Waals surface area contributed by atoms with E-state index in [9.17, 15) is 8.42 Å². The quantitative estimate of drug-likeness (QED) is 0.795. The van der Waals surface area contributed by atoms with Crippen molar-refractivity contribution in [3.63, 3.8) is 0 Å². The van der Waals surface area contributed by atoms with Gasteiger partial charge in [0.25, 0.3) is 0 Å². The maximum Gasteiger partial charge on any atom is 0.243 e. The van der Waals surface area contributed by atoms with E-state index in [2.05, 4.69) is 13.8 Å². The molecule has 6 heteroatoms. The first-order chi connectivity index (χ1) is 9.82. The van der Waals surface area contributed by atoms with E-state index in [-0.39, 0.29) is 0 Å². The van der Waals surface area contributed by atoms with Gasteiger partial charge in [0.2, 0.25) is 10.0 Å². The second-order valence-corrected chi connectivity index (χ2v) is 7.53. The lowest BCUT2D eigenvalue weighted by atomic mass is 10.1. The molecule has 0 saturated carbocycles. The molecule has 120 valence electrons. The van der Waals surface area contributed by atoms with Gasteiger partial charge in [-0.1, -0.05) is 13.8 Å². The number of nitrogens with zero attached hydrogens (tertiary/aromatic N) is 1. The number of nitrogens with two attached hydrogens (primary N) is 1. The number of ether oxygens (including phenoxy) is 1. The lowest BCUT2D eigenvalue weighted by Crippen LogP contribution is -2.29. The Balaban J connectivity index is 3.11. The van der Waals surface area contributed by atoms with Crippen molar-refractivity contribution in [2.45, 2.75) is 31.6 Å². The zero-order valence-electron chi connectivity index (χ0n) is 13.3. The van der Waals surface area contributed by atoms with Crippen LogP contribution in [0.15, 0.2) is 23.1 Å². The van der Waals surface area contributed by atoms with Crippen LogP contribution in [0.4, 0.5) is 0 Å². The number of methoxy groups -OCH3 is 1. The molecule has 1 rings (SSSR count). The van der Waals surface area contributed by atoms with Crippen molar-refractivity contribution in [2.24, 2.45) is 11.7 Å². The molecule has 1 aromatic rings. The minimum Gasteiger partial charge on any atom is -0.497 e. The fraction of sp³-hybridized carbons (Fsp3) is 0.600. The highest BCUT2D eigenvalue weighted by atomic mass is 32.2. The standard InChI is InChI=1S/C15H26N2O3S/c1-12(2)8-10-17(3)21(18,19)15-6-5-14(20-4)11-13(15)7-9-16/h5-6,11-12H,7-10,16H2,1-4H3. The lowest BCUT2D eigenvalue weighted by Gasteiger charge is -2.20. The molecule has 0 fully saturated rings. The lowest BCUT2D eigenvalue weighted by molar-refractivity contribution is 0.413. The second-order valence-electron chi connectivity index (χ2n) is 5.52. The second kappa shape index (κ2) is 7.77. The molecule has 0 amide bonds. The number of benzene rings is 1. The van der Waals surface area contributed by atoms with E-state index in [4.69, 9.17) is 10.5 Å². The third kappa shape index (κ3) is 4.69. The molecule has 0 aromatic heterocycles. The summed E-state index contributed by atoms with van der Waals surface area (Å²) in [6.45, 7) is 5.06. The molecule has 0 saturated heterocycles. The van der Waals surface area contributed by atoms with Gasteiger partial charge in [-0.3, -0.25) is 0 Å². The summed E-state index contributed by atoms with van der Waals surface area (Å²) in [5.74, 6) is 1.10. The third-order valence-corrected chi connectivity index (χ3v) is 5.35. The first kappa shape index (κ1) is 17.9. The first-order valence-corrected chi connectivity index (χ1v) is 8.60. The molecule has 5 nitrogen and oxygen atoms in total. The van der Waals surface area contributed by atoms with Crippen molar-refractivity contribution >= 4 is 10.0 Å². The summed E-state index contributed by atoms with van der Waals surface area (Å²) in [4.78, 5) is 0.319. The van der Waals surface area contributed by atoms with Crippen molar-refractivity contribution in [3.8, 4) is 5.75 Å². The zero-order valence-corrected chi connectivity index (χ0v) is 14.1. The van der Waals surface area contributed by atoms with Crippen LogP contribution >= 0.6 is 0 Å². The Kier molecular flexibility index (Phi) is 6.64. The monoisotopic (exact) mass is 314 g/mol. The predicted octanol–water partition coefficient (Wildman–Crippen LogP) is 1.86. The van der Waals surface area contributed by atoms with Gasteiger partial charge in [0.15, 0.2) is 0 Å². The van der Waals surface area contributed by atoms with Crippen LogP contribution in [0.3, 0.4) is 0 Å². The average molecular weight is 314 g/mol. The van der Waals surface area contributed by atoms with E-state index in [1.807, 2.05) is 0 Å². The maximum atomic E-state index is 12.7. The Bertz CT molecular complexity index is 556. The molecule has 0 aliphatic carbocycles. The highest BCUT2D eigenvalue weighted by Gasteiger charge is 2.24. The molecule has 2 N–H and O–H groups in total. The summed E-state index contributed by atoms with van der Waals surface area (Å²) in [7, 11) is -0.311. The molecule has 0 unspecified atom stereocenters. The van der Waals surface area contributed by atoms with E-state index in [0.29, 0.717) is 41.6 Å². The van der Waals surface area contributed by atoms with E-state index in [1.54, 1.807) is 32.4 Å². The molecule has 21 heavy (non-hydrogen) atoms. The highest BCUT2D eigenvalue weighted by Crippen LogP contribution is 2.25. The third-order valence-electron chi connectivity index (χ3n) is 3.39. The van der Waals surface area contributed by atoms with Crippen LogP contribution in [0.25, 0.3) is 0 Å². The van der Waals surface area contributed by atoms with Crippen LogP contribution in [0.5, 0.6) is 5.75 Å². The number of hydrogen-bond acceptors (Lipinski definition) is 4. The van der Waals surface area contributed by atoms with Crippen LogP contribution in [0.1, 0.15) is 25.8 Å². The summed E-state index contributed by atoms with van der Waals surface area (Å²) in [6.07, 6.45) is 1.34. The minimum absolute atomic E-state index is 0.319. The van der Waals surface area contributed by atoms with Gasteiger partial charge in [0.1, 0.15) is 5.75 Å². The van der Waals surface area contributed by atoms with Crippen LogP contribution in [-0.2, 0) is 16.4 Å². The summed E-state index contributed by atoms with van der Waals surface area (Å²) in [6, 6.07) is 5.02. The van der Waals surface area contributed by atoms with E-state index < -0.39 is 10.0 Å². The van der Waals surface area contributed by atoms with Crippen LogP contribution < -0.4 is 10.5 Å². The van der Waals surface area contributed by atoms with Crippen molar-refractivity contribution in [2.75, 3.05) is 27.2 Å². The Hall–Kier alpha value is -1.11. The zero-order chi connectivity index (χ0) is 16.0. The van der Waals surface area contributed by atoms with Gasteiger partial charge in [-0.2, -0.15) is 0 Å². The van der Waals surface area contributed by atoms with Crippen LogP contribution in [0, 0.1) is 5.92 Å². The summed E-state index contributed by atoms with van der Waals surface area (Å²) in [5.41, 5.74) is 6.29. The van der Waals surface area contributed by atoms with E-state index in [1.165, 1.54) is 4.31 Å². The van der Waals surface area contributed by atoms with Gasteiger partial charge in [-0.25, -0.2) is 12.7 Å². The van der Waals surface area contributed by atoms with Crippen LogP contribution in [-0.4, -0.2) is 40.0 Å². The molecule has 0 bridgehead atoms. The predicted molar refractivity (Wildman–Crippen MR) is 85.0 cm³/mol. The molecule has 0 heterocycles. The van der Waals surface area contributed by atoms with Crippen LogP contribution in [0.2, 0.25) is 0 Å². The number of sulfonamides is 1. The first-order valence-electron chi connectivity index (χ1n) is 7.16. The van der Waals surface area contributed by atoms with Crippen molar-refractivity contribution in [1.29, 1.82) is 0 Å². The van der Waals surface area contributed by atoms with Gasteiger partial charge in [0, 0.05) is 13.6 Å². The molecule has 0 spiro atoms. The Labute approximate surface area is 128 Å². The van der Waals surface area contributed by atoms with Crippen molar-refractivity contribution in [1.82, 2.24) is 4.31 Å².